The number of hydrogen-bond donors (Lipinski definition) is 1. The van der Waals surface area contributed by atoms with Crippen LogP contribution in [0.4, 0.5) is 5.69 Å². The molecule has 2 atom stereocenters. The molecule has 2 aromatic carbocycles. The third-order valence-electron chi connectivity index (χ3n) is 5.82. The van der Waals surface area contributed by atoms with Crippen LogP contribution >= 0.6 is 12.2 Å². The molecular formula is C27H25N3O3S. The third kappa shape index (κ3) is 4.22. The van der Waals surface area contributed by atoms with E-state index in [1.165, 1.54) is 0 Å². The van der Waals surface area contributed by atoms with Gasteiger partial charge in [0.2, 0.25) is 0 Å². The van der Waals surface area contributed by atoms with Crippen LogP contribution < -0.4 is 19.7 Å². The number of thiocarbonyl (C=S) groups is 1. The van der Waals surface area contributed by atoms with Crippen molar-refractivity contribution in [2.24, 2.45) is 0 Å². The molecule has 2 aromatic heterocycles. The molecule has 0 amide bonds. The molecule has 0 radical (unpaired) electrons. The largest absolute Gasteiger partial charge is 0.497 e. The van der Waals surface area contributed by atoms with E-state index >= 15 is 0 Å². The van der Waals surface area contributed by atoms with E-state index in [0.29, 0.717) is 11.7 Å². The number of furan rings is 1. The maximum Gasteiger partial charge on any atom is 0.174 e. The van der Waals surface area contributed by atoms with E-state index in [-0.39, 0.29) is 12.1 Å². The van der Waals surface area contributed by atoms with Crippen LogP contribution in [-0.4, -0.2) is 23.8 Å². The Bertz CT molecular complexity index is 1260. The van der Waals surface area contributed by atoms with Crippen molar-refractivity contribution in [3.05, 3.63) is 96.5 Å². The third-order valence-corrected chi connectivity index (χ3v) is 6.13. The molecule has 172 valence electrons. The Kier molecular flexibility index (Phi) is 6.18. The van der Waals surface area contributed by atoms with Gasteiger partial charge in [0.05, 0.1) is 25.5 Å². The predicted molar refractivity (Wildman–Crippen MR) is 136 cm³/mol. The summed E-state index contributed by atoms with van der Waals surface area (Å²) in [5.74, 6) is 3.20. The summed E-state index contributed by atoms with van der Waals surface area (Å²) in [5, 5.41) is 4.07. The molecule has 0 spiro atoms. The minimum Gasteiger partial charge on any atom is -0.497 e. The Hall–Kier alpha value is -3.84. The summed E-state index contributed by atoms with van der Waals surface area (Å²) in [4.78, 5) is 6.67. The van der Waals surface area contributed by atoms with E-state index in [1.807, 2.05) is 85.8 Å². The summed E-state index contributed by atoms with van der Waals surface area (Å²) in [6.45, 7) is 2.61. The molecule has 1 aliphatic rings. The zero-order chi connectivity index (χ0) is 23.5. The number of methoxy groups -OCH3 is 1. The molecule has 0 aliphatic carbocycles. The summed E-state index contributed by atoms with van der Waals surface area (Å²) in [7, 11) is 1.66. The molecule has 0 bridgehead atoms. The molecule has 1 fully saturated rings. The minimum absolute atomic E-state index is 0.171. The van der Waals surface area contributed by atoms with E-state index in [0.717, 1.165) is 40.0 Å². The minimum atomic E-state index is -0.216. The number of aromatic nitrogens is 1. The van der Waals surface area contributed by atoms with Crippen LogP contribution in [0.25, 0.3) is 11.3 Å². The van der Waals surface area contributed by atoms with Crippen LogP contribution in [0.5, 0.6) is 11.5 Å². The summed E-state index contributed by atoms with van der Waals surface area (Å²) in [6, 6.07) is 25.3. The first-order valence-electron chi connectivity index (χ1n) is 11.2. The number of pyridine rings is 1. The van der Waals surface area contributed by atoms with Crippen LogP contribution in [-0.2, 0) is 0 Å². The average molecular weight is 472 g/mol. The number of rotatable bonds is 7. The van der Waals surface area contributed by atoms with Crippen molar-refractivity contribution in [3.8, 4) is 22.8 Å². The highest BCUT2D eigenvalue weighted by Gasteiger charge is 2.42. The normalized spacial score (nSPS) is 17.5. The standard InChI is InChI=1S/C27H25N3O3S/c1-3-32-21-11-7-18(8-12-21)23-15-16-24(33-23)26-25(22-6-4-5-17-28-22)29-27(34)30(26)19-9-13-20(31-2)14-10-19/h4-17,25-26H,3H2,1-2H3,(H,29,34)/t25-,26-/m0/s1. The first kappa shape index (κ1) is 22.0. The molecule has 6 nitrogen and oxygen atoms in total. The second kappa shape index (κ2) is 9.57. The van der Waals surface area contributed by atoms with Gasteiger partial charge in [0, 0.05) is 17.4 Å². The van der Waals surface area contributed by atoms with Gasteiger partial charge >= 0.3 is 0 Å². The molecule has 5 rings (SSSR count). The van der Waals surface area contributed by atoms with E-state index in [9.17, 15) is 0 Å². The van der Waals surface area contributed by atoms with Gasteiger partial charge in [-0.2, -0.15) is 0 Å². The second-order valence-electron chi connectivity index (χ2n) is 7.85. The van der Waals surface area contributed by atoms with E-state index in [4.69, 9.17) is 26.1 Å². The van der Waals surface area contributed by atoms with Gasteiger partial charge in [-0.1, -0.05) is 6.07 Å². The highest BCUT2D eigenvalue weighted by atomic mass is 32.1. The highest BCUT2D eigenvalue weighted by Crippen LogP contribution is 2.43. The fourth-order valence-corrected chi connectivity index (χ4v) is 4.56. The Labute approximate surface area is 204 Å². The second-order valence-corrected chi connectivity index (χ2v) is 8.24. The van der Waals surface area contributed by atoms with Crippen molar-refractivity contribution in [1.82, 2.24) is 10.3 Å². The van der Waals surface area contributed by atoms with E-state index < -0.39 is 0 Å². The predicted octanol–water partition coefficient (Wildman–Crippen LogP) is 5.93. The Balaban J connectivity index is 1.53. The van der Waals surface area contributed by atoms with Crippen LogP contribution in [0, 0.1) is 0 Å². The molecule has 0 unspecified atom stereocenters. The topological polar surface area (TPSA) is 59.8 Å². The van der Waals surface area contributed by atoms with Gasteiger partial charge in [-0.25, -0.2) is 0 Å². The van der Waals surface area contributed by atoms with Gasteiger partial charge in [0.1, 0.15) is 29.1 Å². The number of hydrogen-bond acceptors (Lipinski definition) is 5. The number of nitrogens with zero attached hydrogens (tertiary/aromatic N) is 2. The van der Waals surface area contributed by atoms with Crippen LogP contribution in [0.2, 0.25) is 0 Å². The molecule has 1 saturated heterocycles. The van der Waals surface area contributed by atoms with Gasteiger partial charge < -0.3 is 24.1 Å². The summed E-state index contributed by atoms with van der Waals surface area (Å²) < 4.78 is 17.3. The number of anilines is 1. The van der Waals surface area contributed by atoms with Gasteiger partial charge in [0.15, 0.2) is 5.11 Å². The van der Waals surface area contributed by atoms with Gasteiger partial charge in [-0.05, 0) is 91.9 Å². The first-order valence-corrected chi connectivity index (χ1v) is 11.6. The summed E-state index contributed by atoms with van der Waals surface area (Å²) in [5.41, 5.74) is 2.82. The molecule has 0 saturated carbocycles. The first-order chi connectivity index (χ1) is 16.7. The lowest BCUT2D eigenvalue weighted by Gasteiger charge is -2.26. The molecule has 3 heterocycles. The molecular weight excluding hydrogens is 446 g/mol. The van der Waals surface area contributed by atoms with Crippen molar-refractivity contribution in [1.29, 1.82) is 0 Å². The highest BCUT2D eigenvalue weighted by molar-refractivity contribution is 7.80. The quantitative estimate of drug-likeness (QED) is 0.335. The molecule has 34 heavy (non-hydrogen) atoms. The number of ether oxygens (including phenoxy) is 2. The maximum atomic E-state index is 6.42. The number of benzene rings is 2. The fourth-order valence-electron chi connectivity index (χ4n) is 4.21. The monoisotopic (exact) mass is 471 g/mol. The molecule has 7 heteroatoms. The van der Waals surface area contributed by atoms with Crippen molar-refractivity contribution < 1.29 is 13.9 Å². The van der Waals surface area contributed by atoms with Crippen LogP contribution in [0.3, 0.4) is 0 Å². The van der Waals surface area contributed by atoms with Crippen molar-refractivity contribution in [2.75, 3.05) is 18.6 Å². The summed E-state index contributed by atoms with van der Waals surface area (Å²) >= 11 is 5.78. The van der Waals surface area contributed by atoms with Crippen molar-refractivity contribution in [3.63, 3.8) is 0 Å². The lowest BCUT2D eigenvalue weighted by Crippen LogP contribution is -2.29. The van der Waals surface area contributed by atoms with E-state index in [2.05, 4.69) is 15.2 Å². The lowest BCUT2D eigenvalue weighted by atomic mass is 10.0. The Morgan fingerprint density at radius 3 is 2.41 bits per heavy atom. The maximum absolute atomic E-state index is 6.42. The Morgan fingerprint density at radius 1 is 0.971 bits per heavy atom. The smallest absolute Gasteiger partial charge is 0.174 e. The van der Waals surface area contributed by atoms with Gasteiger partial charge in [-0.15, -0.1) is 0 Å². The fraction of sp³-hybridized carbons (Fsp3) is 0.185. The van der Waals surface area contributed by atoms with E-state index in [1.54, 1.807) is 13.3 Å². The SMILES string of the molecule is CCOc1ccc(-c2ccc([C@H]3[C@H](c4ccccn4)NC(=S)N3c3ccc(OC)cc3)o2)cc1. The van der Waals surface area contributed by atoms with Crippen molar-refractivity contribution >= 4 is 23.0 Å². The lowest BCUT2D eigenvalue weighted by molar-refractivity contribution is 0.340. The average Bonchev–Trinajstić information content (AvgIpc) is 3.50. The number of nitrogens with one attached hydrogen (secondary N) is 1. The van der Waals surface area contributed by atoms with Gasteiger partial charge in [0.25, 0.3) is 0 Å². The Morgan fingerprint density at radius 2 is 1.74 bits per heavy atom. The van der Waals surface area contributed by atoms with Crippen LogP contribution in [0.15, 0.2) is 89.5 Å². The van der Waals surface area contributed by atoms with Gasteiger partial charge in [-0.3, -0.25) is 4.98 Å². The molecule has 4 aromatic rings. The van der Waals surface area contributed by atoms with Crippen molar-refractivity contribution in [2.45, 2.75) is 19.0 Å². The molecule has 1 aliphatic heterocycles. The zero-order valence-corrected chi connectivity index (χ0v) is 19.8. The summed E-state index contributed by atoms with van der Waals surface area (Å²) in [6.07, 6.45) is 1.79. The zero-order valence-electron chi connectivity index (χ0n) is 19.0. The van der Waals surface area contributed by atoms with Crippen LogP contribution in [0.1, 0.15) is 30.5 Å². The molecule has 1 N–H and O–H groups in total.